The van der Waals surface area contributed by atoms with E-state index in [0.717, 1.165) is 5.56 Å². The summed E-state index contributed by atoms with van der Waals surface area (Å²) in [6.07, 6.45) is 0. The molecule has 0 aliphatic carbocycles. The lowest BCUT2D eigenvalue weighted by molar-refractivity contribution is 0.0730. The van der Waals surface area contributed by atoms with E-state index in [2.05, 4.69) is 24.1 Å². The van der Waals surface area contributed by atoms with Crippen LogP contribution in [0.25, 0.3) is 0 Å². The molecule has 1 amide bonds. The Morgan fingerprint density at radius 1 is 0.939 bits per heavy atom. The number of nitrogens with one attached hydrogen (secondary N) is 1. The number of hydrogen-bond acceptors (Lipinski definition) is 6. The number of morpholine rings is 2. The van der Waals surface area contributed by atoms with E-state index in [9.17, 15) is 13.2 Å². The number of sulfonamides is 1. The quantitative estimate of drug-likeness (QED) is 0.694. The second-order valence-corrected chi connectivity index (χ2v) is 10.5. The summed E-state index contributed by atoms with van der Waals surface area (Å²) in [7, 11) is -3.73. The number of anilines is 2. The van der Waals surface area contributed by atoms with Crippen LogP contribution in [-0.2, 0) is 19.5 Å². The van der Waals surface area contributed by atoms with E-state index in [-0.39, 0.29) is 10.8 Å². The normalized spacial score (nSPS) is 17.8. The Balaban J connectivity index is 1.69. The van der Waals surface area contributed by atoms with Gasteiger partial charge in [-0.3, -0.25) is 4.79 Å². The van der Waals surface area contributed by atoms with Crippen LogP contribution in [0.15, 0.2) is 47.4 Å². The van der Waals surface area contributed by atoms with Crippen molar-refractivity contribution in [2.24, 2.45) is 0 Å². The number of benzene rings is 2. The first-order valence-electron chi connectivity index (χ1n) is 11.3. The summed E-state index contributed by atoms with van der Waals surface area (Å²) >= 11 is 0. The van der Waals surface area contributed by atoms with Crippen molar-refractivity contribution >= 4 is 27.3 Å². The van der Waals surface area contributed by atoms with Crippen LogP contribution in [0.4, 0.5) is 11.4 Å². The van der Waals surface area contributed by atoms with Gasteiger partial charge in [0.1, 0.15) is 0 Å². The highest BCUT2D eigenvalue weighted by atomic mass is 32.2. The van der Waals surface area contributed by atoms with Gasteiger partial charge in [-0.15, -0.1) is 0 Å². The zero-order chi connectivity index (χ0) is 23.4. The Hall–Kier alpha value is -2.46. The molecular formula is C24H31N3O5S. The first-order chi connectivity index (χ1) is 15.9. The molecular weight excluding hydrogens is 442 g/mol. The topological polar surface area (TPSA) is 88.2 Å². The molecule has 0 radical (unpaired) electrons. The van der Waals surface area contributed by atoms with E-state index in [1.165, 1.54) is 10.4 Å². The molecule has 0 spiro atoms. The lowest BCUT2D eigenvalue weighted by Gasteiger charge is -2.31. The van der Waals surface area contributed by atoms with E-state index < -0.39 is 10.0 Å². The molecule has 2 saturated heterocycles. The Bertz CT molecular complexity index is 1090. The SMILES string of the molecule is CC(C)c1cccc(NC(=O)c2cc(S(=O)(=O)N3CCOCC3)ccc2N2CCOCC2)c1. The monoisotopic (exact) mass is 473 g/mol. The predicted molar refractivity (Wildman–Crippen MR) is 128 cm³/mol. The average molecular weight is 474 g/mol. The minimum absolute atomic E-state index is 0.113. The molecule has 2 aliphatic rings. The molecule has 2 aliphatic heterocycles. The summed E-state index contributed by atoms with van der Waals surface area (Å²) in [5.41, 5.74) is 2.84. The number of ether oxygens (including phenoxy) is 2. The highest BCUT2D eigenvalue weighted by Crippen LogP contribution is 2.28. The van der Waals surface area contributed by atoms with Crippen molar-refractivity contribution in [2.45, 2.75) is 24.7 Å². The Kier molecular flexibility index (Phi) is 7.33. The molecule has 2 heterocycles. The van der Waals surface area contributed by atoms with Gasteiger partial charge in [0, 0.05) is 37.6 Å². The van der Waals surface area contributed by atoms with Crippen LogP contribution in [0, 0.1) is 0 Å². The maximum atomic E-state index is 13.4. The molecule has 0 unspecified atom stereocenters. The molecule has 2 aromatic carbocycles. The van der Waals surface area contributed by atoms with Crippen LogP contribution in [0.2, 0.25) is 0 Å². The number of hydrogen-bond donors (Lipinski definition) is 1. The maximum absolute atomic E-state index is 13.4. The summed E-state index contributed by atoms with van der Waals surface area (Å²) in [4.78, 5) is 15.6. The number of carbonyl (C=O) groups excluding carboxylic acids is 1. The van der Waals surface area contributed by atoms with E-state index in [0.29, 0.717) is 75.5 Å². The van der Waals surface area contributed by atoms with Gasteiger partial charge in [0.2, 0.25) is 10.0 Å². The summed E-state index contributed by atoms with van der Waals surface area (Å²) in [5.74, 6) is -0.0100. The smallest absolute Gasteiger partial charge is 0.257 e. The van der Waals surface area contributed by atoms with Crippen molar-refractivity contribution in [3.63, 3.8) is 0 Å². The molecule has 0 saturated carbocycles. The van der Waals surface area contributed by atoms with Gasteiger partial charge in [-0.1, -0.05) is 26.0 Å². The minimum Gasteiger partial charge on any atom is -0.379 e. The molecule has 178 valence electrons. The Morgan fingerprint density at radius 2 is 1.61 bits per heavy atom. The van der Waals surface area contributed by atoms with Gasteiger partial charge in [0.05, 0.1) is 36.9 Å². The lowest BCUT2D eigenvalue weighted by Crippen LogP contribution is -2.41. The third kappa shape index (κ3) is 5.38. The van der Waals surface area contributed by atoms with Gasteiger partial charge < -0.3 is 19.7 Å². The summed E-state index contributed by atoms with van der Waals surface area (Å²) < 4.78 is 38.6. The summed E-state index contributed by atoms with van der Waals surface area (Å²) in [5, 5.41) is 2.97. The molecule has 9 heteroatoms. The van der Waals surface area contributed by atoms with Crippen molar-refractivity contribution < 1.29 is 22.7 Å². The lowest BCUT2D eigenvalue weighted by atomic mass is 10.0. The molecule has 0 aromatic heterocycles. The van der Waals surface area contributed by atoms with Crippen LogP contribution < -0.4 is 10.2 Å². The third-order valence-corrected chi connectivity index (χ3v) is 7.88. The summed E-state index contributed by atoms with van der Waals surface area (Å²) in [6.45, 7) is 7.92. The van der Waals surface area contributed by atoms with Crippen LogP contribution in [0.3, 0.4) is 0 Å². The number of amides is 1. The van der Waals surface area contributed by atoms with Crippen LogP contribution in [0.1, 0.15) is 35.7 Å². The van der Waals surface area contributed by atoms with Gasteiger partial charge in [0.15, 0.2) is 0 Å². The van der Waals surface area contributed by atoms with Gasteiger partial charge in [-0.2, -0.15) is 4.31 Å². The van der Waals surface area contributed by atoms with E-state index >= 15 is 0 Å². The van der Waals surface area contributed by atoms with E-state index in [4.69, 9.17) is 9.47 Å². The molecule has 1 N–H and O–H groups in total. The standard InChI is InChI=1S/C24H31N3O5S/c1-18(2)19-4-3-5-20(16-19)25-24(28)22-17-21(33(29,30)27-10-14-32-15-11-27)6-7-23(22)26-8-12-31-13-9-26/h3-7,16-18H,8-15H2,1-2H3,(H,25,28). The van der Waals surface area contributed by atoms with Gasteiger partial charge >= 0.3 is 0 Å². The van der Waals surface area contributed by atoms with Gasteiger partial charge in [0.25, 0.3) is 5.91 Å². The van der Waals surface area contributed by atoms with Gasteiger partial charge in [-0.05, 0) is 41.8 Å². The molecule has 0 bridgehead atoms. The fourth-order valence-corrected chi connectivity index (χ4v) is 5.48. The van der Waals surface area contributed by atoms with E-state index in [1.807, 2.05) is 24.3 Å². The van der Waals surface area contributed by atoms with E-state index in [1.54, 1.807) is 12.1 Å². The van der Waals surface area contributed by atoms with Crippen LogP contribution in [0.5, 0.6) is 0 Å². The highest BCUT2D eigenvalue weighted by molar-refractivity contribution is 7.89. The number of rotatable bonds is 6. The fourth-order valence-electron chi connectivity index (χ4n) is 4.05. The van der Waals surface area contributed by atoms with Gasteiger partial charge in [-0.25, -0.2) is 8.42 Å². The Labute approximate surface area is 195 Å². The molecule has 0 atom stereocenters. The first-order valence-corrected chi connectivity index (χ1v) is 12.8. The number of nitrogens with zero attached hydrogens (tertiary/aromatic N) is 2. The zero-order valence-corrected chi connectivity index (χ0v) is 19.9. The van der Waals surface area contributed by atoms with Crippen LogP contribution >= 0.6 is 0 Å². The second kappa shape index (κ2) is 10.2. The molecule has 33 heavy (non-hydrogen) atoms. The van der Waals surface area contributed by atoms with Crippen molar-refractivity contribution in [1.82, 2.24) is 4.31 Å². The molecule has 8 nitrogen and oxygen atoms in total. The first kappa shape index (κ1) is 23.7. The molecule has 4 rings (SSSR count). The predicted octanol–water partition coefficient (Wildman–Crippen LogP) is 2.92. The van der Waals surface area contributed by atoms with Crippen LogP contribution in [-0.4, -0.2) is 71.2 Å². The second-order valence-electron chi connectivity index (χ2n) is 8.53. The third-order valence-electron chi connectivity index (χ3n) is 5.98. The Morgan fingerprint density at radius 3 is 2.27 bits per heavy atom. The average Bonchev–Trinajstić information content (AvgIpc) is 2.85. The largest absolute Gasteiger partial charge is 0.379 e. The maximum Gasteiger partial charge on any atom is 0.257 e. The molecule has 2 aromatic rings. The minimum atomic E-state index is -3.73. The van der Waals surface area contributed by atoms with Crippen molar-refractivity contribution in [2.75, 3.05) is 62.8 Å². The summed E-state index contributed by atoms with van der Waals surface area (Å²) in [6, 6.07) is 12.5. The van der Waals surface area contributed by atoms with Crippen molar-refractivity contribution in [3.8, 4) is 0 Å². The molecule has 2 fully saturated rings. The van der Waals surface area contributed by atoms with Crippen molar-refractivity contribution in [1.29, 1.82) is 0 Å². The fraction of sp³-hybridized carbons (Fsp3) is 0.458. The number of carbonyl (C=O) groups is 1. The highest BCUT2D eigenvalue weighted by Gasteiger charge is 2.29. The van der Waals surface area contributed by atoms with Crippen molar-refractivity contribution in [3.05, 3.63) is 53.6 Å². The zero-order valence-electron chi connectivity index (χ0n) is 19.1.